The van der Waals surface area contributed by atoms with E-state index in [0.717, 1.165) is 29.4 Å². The zero-order valence-corrected chi connectivity index (χ0v) is 11.5. The number of nitrogen functional groups attached to an aromatic ring is 1. The van der Waals surface area contributed by atoms with Crippen LogP contribution in [-0.2, 0) is 4.79 Å². The number of hydrogen-bond donors (Lipinski definition) is 2. The van der Waals surface area contributed by atoms with Crippen molar-refractivity contribution in [1.29, 1.82) is 0 Å². The Labute approximate surface area is 117 Å². The molecule has 1 aliphatic carbocycles. The van der Waals surface area contributed by atoms with E-state index in [1.807, 2.05) is 36.2 Å². The first kappa shape index (κ1) is 12.7. The number of rotatable bonds is 4. The van der Waals surface area contributed by atoms with E-state index < -0.39 is 0 Å². The van der Waals surface area contributed by atoms with Crippen molar-refractivity contribution in [1.82, 2.24) is 10.3 Å². The number of pyridine rings is 1. The quantitative estimate of drug-likeness (QED) is 0.827. The summed E-state index contributed by atoms with van der Waals surface area (Å²) in [6.07, 6.45) is 3.94. The molecule has 1 heterocycles. The molecule has 1 aromatic heterocycles. The average Bonchev–Trinajstić information content (AvgIpc) is 3.23. The van der Waals surface area contributed by atoms with Crippen molar-refractivity contribution in [3.05, 3.63) is 30.5 Å². The van der Waals surface area contributed by atoms with E-state index >= 15 is 0 Å². The highest BCUT2D eigenvalue weighted by atomic mass is 16.2. The van der Waals surface area contributed by atoms with E-state index in [4.69, 9.17) is 5.73 Å². The molecule has 0 saturated heterocycles. The molecule has 20 heavy (non-hydrogen) atoms. The number of hydrogen-bond acceptors (Lipinski definition) is 4. The van der Waals surface area contributed by atoms with E-state index in [1.54, 1.807) is 6.20 Å². The normalized spacial score (nSPS) is 14.2. The third-order valence-corrected chi connectivity index (χ3v) is 3.54. The summed E-state index contributed by atoms with van der Waals surface area (Å²) in [7, 11) is 1.88. The maximum absolute atomic E-state index is 11.8. The van der Waals surface area contributed by atoms with Gasteiger partial charge in [0, 0.05) is 24.7 Å². The number of carbonyl (C=O) groups is 1. The van der Waals surface area contributed by atoms with E-state index in [9.17, 15) is 4.79 Å². The van der Waals surface area contributed by atoms with E-state index in [2.05, 4.69) is 10.3 Å². The molecule has 0 bridgehead atoms. The Balaban J connectivity index is 1.81. The molecule has 104 valence electrons. The maximum atomic E-state index is 11.8. The number of benzene rings is 1. The van der Waals surface area contributed by atoms with Gasteiger partial charge in [0.1, 0.15) is 0 Å². The smallest absolute Gasteiger partial charge is 0.239 e. The minimum Gasteiger partial charge on any atom is -0.396 e. The molecule has 2 aromatic rings. The van der Waals surface area contributed by atoms with Crippen LogP contribution >= 0.6 is 0 Å². The summed E-state index contributed by atoms with van der Waals surface area (Å²) in [4.78, 5) is 18.0. The highest BCUT2D eigenvalue weighted by Crippen LogP contribution is 2.29. The third kappa shape index (κ3) is 2.52. The lowest BCUT2D eigenvalue weighted by atomic mass is 10.1. The average molecular weight is 270 g/mol. The van der Waals surface area contributed by atoms with E-state index in [-0.39, 0.29) is 5.91 Å². The number of carbonyl (C=O) groups excluding carboxylic acids is 1. The van der Waals surface area contributed by atoms with Crippen molar-refractivity contribution in [3.8, 4) is 0 Å². The van der Waals surface area contributed by atoms with Crippen LogP contribution in [0.15, 0.2) is 30.5 Å². The van der Waals surface area contributed by atoms with Gasteiger partial charge in [0.25, 0.3) is 0 Å². The minimum atomic E-state index is 0.0423. The molecule has 3 N–H and O–H groups in total. The number of nitrogens with zero attached hydrogens (tertiary/aromatic N) is 2. The van der Waals surface area contributed by atoms with Gasteiger partial charge in [0.15, 0.2) is 0 Å². The molecular weight excluding hydrogens is 252 g/mol. The van der Waals surface area contributed by atoms with Crippen molar-refractivity contribution >= 4 is 28.2 Å². The Bertz CT molecular complexity index is 651. The zero-order valence-electron chi connectivity index (χ0n) is 11.5. The largest absolute Gasteiger partial charge is 0.396 e. The molecule has 0 aliphatic heterocycles. The first-order chi connectivity index (χ1) is 9.65. The predicted octanol–water partition coefficient (Wildman–Crippen LogP) is 1.53. The summed E-state index contributed by atoms with van der Waals surface area (Å²) in [6.45, 7) is 0.312. The van der Waals surface area contributed by atoms with E-state index in [0.29, 0.717) is 18.3 Å². The lowest BCUT2D eigenvalue weighted by Gasteiger charge is -2.21. The fourth-order valence-corrected chi connectivity index (χ4v) is 2.30. The van der Waals surface area contributed by atoms with Crippen LogP contribution in [0, 0.1) is 0 Å². The molecule has 5 nitrogen and oxygen atoms in total. The lowest BCUT2D eigenvalue weighted by Crippen LogP contribution is -2.36. The molecule has 1 amide bonds. The van der Waals surface area contributed by atoms with Crippen LogP contribution in [0.2, 0.25) is 0 Å². The Morgan fingerprint density at radius 2 is 2.25 bits per heavy atom. The molecule has 5 heteroatoms. The second kappa shape index (κ2) is 5.00. The molecule has 1 aliphatic rings. The predicted molar refractivity (Wildman–Crippen MR) is 80.6 cm³/mol. The molecule has 1 saturated carbocycles. The van der Waals surface area contributed by atoms with Gasteiger partial charge >= 0.3 is 0 Å². The van der Waals surface area contributed by atoms with Gasteiger partial charge in [-0.05, 0) is 37.1 Å². The highest BCUT2D eigenvalue weighted by Gasteiger charge is 2.23. The summed E-state index contributed by atoms with van der Waals surface area (Å²) < 4.78 is 0. The molecule has 0 atom stereocenters. The number of fused-ring (bicyclic) bond motifs is 1. The molecule has 0 spiro atoms. The van der Waals surface area contributed by atoms with Gasteiger partial charge in [0.05, 0.1) is 23.4 Å². The van der Waals surface area contributed by atoms with Crippen LogP contribution in [0.5, 0.6) is 0 Å². The van der Waals surface area contributed by atoms with Gasteiger partial charge in [-0.1, -0.05) is 0 Å². The number of nitrogens with one attached hydrogen (secondary N) is 1. The Kier molecular flexibility index (Phi) is 3.18. The van der Waals surface area contributed by atoms with Crippen molar-refractivity contribution < 1.29 is 4.79 Å². The summed E-state index contributed by atoms with van der Waals surface area (Å²) in [5, 5.41) is 3.89. The molecular formula is C15H18N4O. The standard InChI is InChI=1S/C15H18N4O/c1-19(9-14(20)18-10-4-5-10)13-7-6-12-11(15(13)16)3-2-8-17-12/h2-3,6-8,10H,4-5,9,16H2,1H3,(H,18,20). The van der Waals surface area contributed by atoms with Crippen molar-refractivity contribution in [2.75, 3.05) is 24.2 Å². The highest BCUT2D eigenvalue weighted by molar-refractivity contribution is 5.97. The van der Waals surface area contributed by atoms with Gasteiger partial charge in [-0.2, -0.15) is 0 Å². The second-order valence-corrected chi connectivity index (χ2v) is 5.27. The Morgan fingerprint density at radius 3 is 3.00 bits per heavy atom. The lowest BCUT2D eigenvalue weighted by molar-refractivity contribution is -0.119. The van der Waals surface area contributed by atoms with Crippen LogP contribution in [0.3, 0.4) is 0 Å². The first-order valence-electron chi connectivity index (χ1n) is 6.79. The van der Waals surface area contributed by atoms with Crippen LogP contribution in [0.1, 0.15) is 12.8 Å². The maximum Gasteiger partial charge on any atom is 0.239 e. The number of likely N-dealkylation sites (N-methyl/N-ethyl adjacent to an activating group) is 1. The molecule has 1 aromatic carbocycles. The SMILES string of the molecule is CN(CC(=O)NC1CC1)c1ccc2ncccc2c1N. The topological polar surface area (TPSA) is 71.2 Å². The van der Waals surface area contributed by atoms with Gasteiger partial charge in [0.2, 0.25) is 5.91 Å². The van der Waals surface area contributed by atoms with Crippen LogP contribution in [0.25, 0.3) is 10.9 Å². The van der Waals surface area contributed by atoms with Crippen LogP contribution in [-0.4, -0.2) is 30.5 Å². The number of anilines is 2. The fourth-order valence-electron chi connectivity index (χ4n) is 2.30. The number of amides is 1. The minimum absolute atomic E-state index is 0.0423. The van der Waals surface area contributed by atoms with Gasteiger partial charge < -0.3 is 16.0 Å². The summed E-state index contributed by atoms with van der Waals surface area (Å²) in [5.74, 6) is 0.0423. The molecule has 0 radical (unpaired) electrons. The van der Waals surface area contributed by atoms with Crippen LogP contribution in [0.4, 0.5) is 11.4 Å². The fraction of sp³-hybridized carbons (Fsp3) is 0.333. The van der Waals surface area contributed by atoms with Gasteiger partial charge in [-0.3, -0.25) is 9.78 Å². The third-order valence-electron chi connectivity index (χ3n) is 3.54. The number of aromatic nitrogens is 1. The second-order valence-electron chi connectivity index (χ2n) is 5.27. The Morgan fingerprint density at radius 1 is 1.45 bits per heavy atom. The summed E-state index contributed by atoms with van der Waals surface area (Å²) in [5.41, 5.74) is 8.58. The van der Waals surface area contributed by atoms with E-state index in [1.165, 1.54) is 0 Å². The number of nitrogens with two attached hydrogens (primary N) is 1. The molecule has 3 rings (SSSR count). The first-order valence-corrected chi connectivity index (χ1v) is 6.79. The molecule has 0 unspecified atom stereocenters. The monoisotopic (exact) mass is 270 g/mol. The van der Waals surface area contributed by atoms with Gasteiger partial charge in [-0.25, -0.2) is 0 Å². The summed E-state index contributed by atoms with van der Waals surface area (Å²) in [6, 6.07) is 8.03. The van der Waals surface area contributed by atoms with Crippen LogP contribution < -0.4 is 16.0 Å². The Hall–Kier alpha value is -2.30. The molecule has 1 fully saturated rings. The van der Waals surface area contributed by atoms with Gasteiger partial charge in [-0.15, -0.1) is 0 Å². The van der Waals surface area contributed by atoms with Crippen molar-refractivity contribution in [2.24, 2.45) is 0 Å². The zero-order chi connectivity index (χ0) is 14.1. The van der Waals surface area contributed by atoms with Crippen molar-refractivity contribution in [2.45, 2.75) is 18.9 Å². The van der Waals surface area contributed by atoms with Crippen molar-refractivity contribution in [3.63, 3.8) is 0 Å². The summed E-state index contributed by atoms with van der Waals surface area (Å²) >= 11 is 0.